The molecular weight excluding hydrogens is 454 g/mol. The van der Waals surface area contributed by atoms with Crippen LogP contribution in [0.2, 0.25) is 0 Å². The molecule has 3 rings (SSSR count). The minimum Gasteiger partial charge on any atom is -0.872 e. The molecule has 0 spiro atoms. The molecule has 0 aliphatic carbocycles. The number of quaternary nitrogens is 1. The predicted molar refractivity (Wildman–Crippen MR) is 131 cm³/mol. The third-order valence-corrected chi connectivity index (χ3v) is 7.93. The Kier molecular flexibility index (Phi) is 8.65. The number of hydrazone groups is 1. The van der Waals surface area contributed by atoms with Gasteiger partial charge in [-0.1, -0.05) is 29.5 Å². The van der Waals surface area contributed by atoms with E-state index in [9.17, 15) is 18.3 Å². The molecule has 0 aromatic heterocycles. The SMILES string of the molecule is CCN(CC)c1ccc(/C=N/NC(=O)C[NH+]2CCN(S(=O)(=O)c3ccc(C)cc3)CC2)c([O-])c1. The highest BCUT2D eigenvalue weighted by molar-refractivity contribution is 7.89. The van der Waals surface area contributed by atoms with Crippen LogP contribution in [0.5, 0.6) is 5.75 Å². The van der Waals surface area contributed by atoms with Crippen molar-refractivity contribution in [2.75, 3.05) is 50.7 Å². The number of anilines is 1. The number of carbonyl (C=O) groups excluding carboxylic acids is 1. The fourth-order valence-electron chi connectivity index (χ4n) is 3.93. The third-order valence-electron chi connectivity index (χ3n) is 6.02. The van der Waals surface area contributed by atoms with E-state index in [1.54, 1.807) is 36.4 Å². The molecule has 0 bridgehead atoms. The molecule has 1 aliphatic heterocycles. The maximum atomic E-state index is 12.8. The first kappa shape index (κ1) is 25.7. The quantitative estimate of drug-likeness (QED) is 0.381. The number of amides is 1. The lowest BCUT2D eigenvalue weighted by Gasteiger charge is -2.31. The number of nitrogens with zero attached hydrogens (tertiary/aromatic N) is 3. The van der Waals surface area contributed by atoms with Crippen molar-refractivity contribution < 1.29 is 23.2 Å². The molecule has 0 saturated carbocycles. The predicted octanol–water partition coefficient (Wildman–Crippen LogP) is -0.0457. The number of hydrogen-bond acceptors (Lipinski definition) is 6. The average molecular weight is 488 g/mol. The van der Waals surface area contributed by atoms with Crippen molar-refractivity contribution in [1.82, 2.24) is 9.73 Å². The summed E-state index contributed by atoms with van der Waals surface area (Å²) in [6.07, 6.45) is 1.35. The van der Waals surface area contributed by atoms with E-state index in [0.29, 0.717) is 31.7 Å². The number of nitrogens with one attached hydrogen (secondary N) is 2. The molecule has 1 saturated heterocycles. The first-order valence-corrected chi connectivity index (χ1v) is 13.0. The van der Waals surface area contributed by atoms with Gasteiger partial charge in [0.2, 0.25) is 10.0 Å². The van der Waals surface area contributed by atoms with Crippen LogP contribution in [-0.4, -0.2) is 70.7 Å². The zero-order chi connectivity index (χ0) is 24.7. The van der Waals surface area contributed by atoms with Crippen LogP contribution in [0, 0.1) is 6.92 Å². The van der Waals surface area contributed by atoms with Gasteiger partial charge in [0.1, 0.15) is 0 Å². The summed E-state index contributed by atoms with van der Waals surface area (Å²) >= 11 is 0. The van der Waals surface area contributed by atoms with Crippen molar-refractivity contribution in [3.05, 3.63) is 53.6 Å². The van der Waals surface area contributed by atoms with E-state index in [1.165, 1.54) is 10.5 Å². The molecule has 2 N–H and O–H groups in total. The van der Waals surface area contributed by atoms with Crippen molar-refractivity contribution in [3.8, 4) is 5.75 Å². The van der Waals surface area contributed by atoms with Gasteiger partial charge in [-0.15, -0.1) is 0 Å². The summed E-state index contributed by atoms with van der Waals surface area (Å²) in [5, 5.41) is 16.2. The Morgan fingerprint density at radius 1 is 1.15 bits per heavy atom. The Hall–Kier alpha value is -2.95. The number of rotatable bonds is 9. The van der Waals surface area contributed by atoms with Crippen LogP contribution in [0.15, 0.2) is 52.5 Å². The Morgan fingerprint density at radius 2 is 1.79 bits per heavy atom. The van der Waals surface area contributed by atoms with E-state index in [2.05, 4.69) is 15.4 Å². The van der Waals surface area contributed by atoms with Crippen LogP contribution >= 0.6 is 0 Å². The smallest absolute Gasteiger partial charge is 0.295 e. The number of sulfonamides is 1. The molecular formula is C24H33N5O4S. The minimum absolute atomic E-state index is 0.154. The maximum Gasteiger partial charge on any atom is 0.295 e. The Labute approximate surface area is 201 Å². The Bertz CT molecular complexity index is 1110. The molecule has 1 amide bonds. The highest BCUT2D eigenvalue weighted by Gasteiger charge is 2.31. The molecule has 2 aromatic carbocycles. The van der Waals surface area contributed by atoms with E-state index in [-0.39, 0.29) is 23.1 Å². The molecule has 0 atom stereocenters. The molecule has 0 unspecified atom stereocenters. The summed E-state index contributed by atoms with van der Waals surface area (Å²) in [7, 11) is -3.53. The highest BCUT2D eigenvalue weighted by atomic mass is 32.2. The van der Waals surface area contributed by atoms with Crippen molar-refractivity contribution in [2.45, 2.75) is 25.7 Å². The Morgan fingerprint density at radius 3 is 2.38 bits per heavy atom. The maximum absolute atomic E-state index is 12.8. The molecule has 2 aromatic rings. The second-order valence-electron chi connectivity index (χ2n) is 8.33. The lowest BCUT2D eigenvalue weighted by atomic mass is 10.2. The zero-order valence-corrected chi connectivity index (χ0v) is 20.8. The standard InChI is InChI=1S/C24H33N5O4S/c1-4-28(5-2)21-9-8-20(23(30)16-21)17-25-26-24(31)18-27-12-14-29(15-13-27)34(32,33)22-10-6-19(3)7-11-22/h6-11,16-17,30H,4-5,12-15,18H2,1-3H3,(H,26,31)/b25-17+. The second-order valence-corrected chi connectivity index (χ2v) is 10.3. The molecule has 1 fully saturated rings. The topological polar surface area (TPSA) is 110 Å². The van der Waals surface area contributed by atoms with Crippen LogP contribution in [0.1, 0.15) is 25.0 Å². The molecule has 10 heteroatoms. The minimum atomic E-state index is -3.53. The van der Waals surface area contributed by atoms with Gasteiger partial charge in [0.25, 0.3) is 5.91 Å². The van der Waals surface area contributed by atoms with Crippen LogP contribution in [-0.2, 0) is 14.8 Å². The van der Waals surface area contributed by atoms with Crippen molar-refractivity contribution in [1.29, 1.82) is 0 Å². The van der Waals surface area contributed by atoms with Crippen molar-refractivity contribution in [2.24, 2.45) is 5.10 Å². The third kappa shape index (κ3) is 6.34. The van der Waals surface area contributed by atoms with Gasteiger partial charge in [-0.3, -0.25) is 4.79 Å². The monoisotopic (exact) mass is 487 g/mol. The highest BCUT2D eigenvalue weighted by Crippen LogP contribution is 2.21. The van der Waals surface area contributed by atoms with Gasteiger partial charge in [-0.05, 0) is 50.6 Å². The van der Waals surface area contributed by atoms with Gasteiger partial charge < -0.3 is 14.9 Å². The number of benzene rings is 2. The fraction of sp³-hybridized carbons (Fsp3) is 0.417. The number of piperazine rings is 1. The molecule has 1 aliphatic rings. The Balaban J connectivity index is 1.48. The van der Waals surface area contributed by atoms with E-state index in [4.69, 9.17) is 0 Å². The van der Waals surface area contributed by atoms with Crippen LogP contribution in [0.25, 0.3) is 0 Å². The first-order chi connectivity index (χ1) is 16.2. The average Bonchev–Trinajstić information content (AvgIpc) is 2.82. The van der Waals surface area contributed by atoms with Crippen LogP contribution in [0.4, 0.5) is 5.69 Å². The number of hydrogen-bond donors (Lipinski definition) is 2. The lowest BCUT2D eigenvalue weighted by Crippen LogP contribution is -3.15. The number of carbonyl (C=O) groups is 1. The van der Waals surface area contributed by atoms with Gasteiger partial charge in [-0.25, -0.2) is 13.8 Å². The largest absolute Gasteiger partial charge is 0.872 e. The summed E-state index contributed by atoms with van der Waals surface area (Å²) in [4.78, 5) is 15.6. The molecule has 0 radical (unpaired) electrons. The summed E-state index contributed by atoms with van der Waals surface area (Å²) in [5.41, 5.74) is 4.74. The van der Waals surface area contributed by atoms with Gasteiger partial charge >= 0.3 is 0 Å². The van der Waals surface area contributed by atoms with E-state index < -0.39 is 10.0 Å². The summed E-state index contributed by atoms with van der Waals surface area (Å²) in [6, 6.07) is 12.0. The second kappa shape index (κ2) is 11.5. The number of aryl methyl sites for hydroxylation is 1. The first-order valence-electron chi connectivity index (χ1n) is 11.5. The molecule has 9 nitrogen and oxygen atoms in total. The molecule has 34 heavy (non-hydrogen) atoms. The zero-order valence-electron chi connectivity index (χ0n) is 20.0. The van der Waals surface area contributed by atoms with E-state index in [0.717, 1.165) is 29.2 Å². The van der Waals surface area contributed by atoms with Gasteiger partial charge in [0.15, 0.2) is 6.54 Å². The van der Waals surface area contributed by atoms with Gasteiger partial charge in [0, 0.05) is 18.8 Å². The molecule has 184 valence electrons. The summed E-state index contributed by atoms with van der Waals surface area (Å²) in [6.45, 7) is 9.53. The van der Waals surface area contributed by atoms with E-state index >= 15 is 0 Å². The summed E-state index contributed by atoms with van der Waals surface area (Å²) in [5.74, 6) is -0.438. The van der Waals surface area contributed by atoms with Crippen molar-refractivity contribution >= 4 is 27.8 Å². The summed E-state index contributed by atoms with van der Waals surface area (Å²) < 4.78 is 27.1. The van der Waals surface area contributed by atoms with Gasteiger partial charge in [-0.2, -0.15) is 9.41 Å². The normalized spacial score (nSPS) is 15.5. The van der Waals surface area contributed by atoms with Crippen LogP contribution < -0.4 is 20.3 Å². The van der Waals surface area contributed by atoms with Crippen molar-refractivity contribution in [3.63, 3.8) is 0 Å². The fourth-order valence-corrected chi connectivity index (χ4v) is 5.38. The lowest BCUT2D eigenvalue weighted by molar-refractivity contribution is -0.895. The van der Waals surface area contributed by atoms with Crippen LogP contribution in [0.3, 0.4) is 0 Å². The molecule has 1 heterocycles. The van der Waals surface area contributed by atoms with Gasteiger partial charge in [0.05, 0.1) is 37.3 Å². The van der Waals surface area contributed by atoms with E-state index in [1.807, 2.05) is 26.8 Å².